The van der Waals surface area contributed by atoms with Crippen LogP contribution >= 0.6 is 11.6 Å². The molecule has 1 saturated heterocycles. The van der Waals surface area contributed by atoms with Gasteiger partial charge < -0.3 is 10.4 Å². The van der Waals surface area contributed by atoms with Gasteiger partial charge in [0.05, 0.1) is 30.1 Å². The molecule has 0 unspecified atom stereocenters. The predicted octanol–water partition coefficient (Wildman–Crippen LogP) is 2.00. The van der Waals surface area contributed by atoms with E-state index in [9.17, 15) is 17.9 Å². The number of hydrogen-bond acceptors (Lipinski definition) is 6. The van der Waals surface area contributed by atoms with Crippen LogP contribution in [-0.2, 0) is 10.0 Å². The van der Waals surface area contributed by atoms with Crippen LogP contribution in [0.2, 0.25) is 5.02 Å². The number of fused-ring (bicyclic) bond motifs is 1. The van der Waals surface area contributed by atoms with Crippen LogP contribution in [0, 0.1) is 5.82 Å². The molecule has 8 nitrogen and oxygen atoms in total. The summed E-state index contributed by atoms with van der Waals surface area (Å²) < 4.78 is 40.5. The van der Waals surface area contributed by atoms with E-state index in [-0.39, 0.29) is 24.7 Å². The number of rotatable bonds is 4. The highest BCUT2D eigenvalue weighted by Crippen LogP contribution is 2.27. The van der Waals surface area contributed by atoms with Gasteiger partial charge in [0.2, 0.25) is 16.0 Å². The number of benzene rings is 1. The molecule has 11 heteroatoms. The fourth-order valence-electron chi connectivity index (χ4n) is 3.41. The van der Waals surface area contributed by atoms with Crippen LogP contribution in [0.5, 0.6) is 0 Å². The number of aliphatic hydroxyl groups is 1. The van der Waals surface area contributed by atoms with Crippen molar-refractivity contribution in [1.82, 2.24) is 18.9 Å². The molecule has 1 aliphatic heterocycles. The molecule has 0 radical (unpaired) electrons. The average Bonchev–Trinajstić information content (AvgIpc) is 2.98. The van der Waals surface area contributed by atoms with Gasteiger partial charge in [-0.3, -0.25) is 0 Å². The third-order valence-corrected chi connectivity index (χ3v) is 6.44. The van der Waals surface area contributed by atoms with Gasteiger partial charge in [0.25, 0.3) is 0 Å². The van der Waals surface area contributed by atoms with E-state index < -0.39 is 28.0 Å². The summed E-state index contributed by atoms with van der Waals surface area (Å²) in [6.07, 6.45) is 2.06. The van der Waals surface area contributed by atoms with Crippen molar-refractivity contribution < 1.29 is 17.9 Å². The van der Waals surface area contributed by atoms with Gasteiger partial charge in [-0.15, -0.1) is 5.10 Å². The van der Waals surface area contributed by atoms with Crippen LogP contribution in [0.3, 0.4) is 0 Å². The Hall–Kier alpha value is -2.27. The molecule has 3 heterocycles. The quantitative estimate of drug-likeness (QED) is 0.645. The molecular weight excluding hydrogens is 421 g/mol. The van der Waals surface area contributed by atoms with Gasteiger partial charge in [0.1, 0.15) is 5.69 Å². The highest BCUT2D eigenvalue weighted by Gasteiger charge is 2.32. The van der Waals surface area contributed by atoms with Gasteiger partial charge in [-0.05, 0) is 18.6 Å². The van der Waals surface area contributed by atoms with Crippen molar-refractivity contribution >= 4 is 33.1 Å². The molecule has 0 saturated carbocycles. The lowest BCUT2D eigenvalue weighted by Gasteiger charge is -2.34. The SMILES string of the molecule is CS(=O)(=O)N1CC[C@@H](Nc2ncc3cc(F)c(-c4ccc(Cl)cc4)n3n2)[C@H](O)C1. The van der Waals surface area contributed by atoms with Crippen LogP contribution in [0.25, 0.3) is 16.8 Å². The zero-order valence-electron chi connectivity index (χ0n) is 15.5. The normalized spacial score (nSPS) is 20.8. The Kier molecular flexibility index (Phi) is 5.19. The number of sulfonamides is 1. The smallest absolute Gasteiger partial charge is 0.241 e. The van der Waals surface area contributed by atoms with Gasteiger partial charge >= 0.3 is 0 Å². The summed E-state index contributed by atoms with van der Waals surface area (Å²) in [6, 6.07) is 7.65. The molecule has 2 atom stereocenters. The van der Waals surface area contributed by atoms with Crippen LogP contribution in [0.1, 0.15) is 6.42 Å². The highest BCUT2D eigenvalue weighted by molar-refractivity contribution is 7.88. The first-order valence-electron chi connectivity index (χ1n) is 8.92. The molecule has 2 N–H and O–H groups in total. The second kappa shape index (κ2) is 7.52. The number of anilines is 1. The fourth-order valence-corrected chi connectivity index (χ4v) is 4.40. The van der Waals surface area contributed by atoms with Crippen molar-refractivity contribution in [3.05, 3.63) is 47.4 Å². The highest BCUT2D eigenvalue weighted by atomic mass is 35.5. The van der Waals surface area contributed by atoms with Crippen molar-refractivity contribution in [2.75, 3.05) is 24.7 Å². The largest absolute Gasteiger partial charge is 0.390 e. The monoisotopic (exact) mass is 439 g/mol. The van der Waals surface area contributed by atoms with Gasteiger partial charge in [-0.25, -0.2) is 22.3 Å². The third kappa shape index (κ3) is 4.06. The Morgan fingerprint density at radius 2 is 2.03 bits per heavy atom. The molecule has 3 aromatic rings. The van der Waals surface area contributed by atoms with Crippen LogP contribution in [0.4, 0.5) is 10.3 Å². The zero-order valence-corrected chi connectivity index (χ0v) is 17.0. The summed E-state index contributed by atoms with van der Waals surface area (Å²) >= 11 is 5.92. The topological polar surface area (TPSA) is 99.8 Å². The number of nitrogens with one attached hydrogen (secondary N) is 1. The first-order valence-corrected chi connectivity index (χ1v) is 11.1. The van der Waals surface area contributed by atoms with Crippen molar-refractivity contribution in [3.63, 3.8) is 0 Å². The van der Waals surface area contributed by atoms with E-state index in [1.165, 1.54) is 21.1 Å². The average molecular weight is 440 g/mol. The van der Waals surface area contributed by atoms with Gasteiger partial charge in [-0.1, -0.05) is 23.7 Å². The molecule has 0 amide bonds. The van der Waals surface area contributed by atoms with E-state index in [2.05, 4.69) is 15.4 Å². The Morgan fingerprint density at radius 3 is 2.69 bits per heavy atom. The number of aromatic nitrogens is 3. The maximum atomic E-state index is 14.6. The number of halogens is 2. The molecule has 1 aromatic carbocycles. The van der Waals surface area contributed by atoms with E-state index in [0.29, 0.717) is 22.5 Å². The predicted molar refractivity (Wildman–Crippen MR) is 108 cm³/mol. The number of hydrogen-bond donors (Lipinski definition) is 2. The summed E-state index contributed by atoms with van der Waals surface area (Å²) in [5, 5.41) is 18.3. The number of nitrogens with zero attached hydrogens (tertiary/aromatic N) is 4. The summed E-state index contributed by atoms with van der Waals surface area (Å²) in [7, 11) is -3.36. The Balaban J connectivity index is 1.61. The lowest BCUT2D eigenvalue weighted by Crippen LogP contribution is -2.51. The number of β-amino-alcohol motifs (C(OH)–C–C–N with tert-alkyl or cyclic N) is 1. The van der Waals surface area contributed by atoms with Gasteiger partial charge in [-0.2, -0.15) is 4.31 Å². The van der Waals surface area contributed by atoms with Crippen LogP contribution in [-0.4, -0.2) is 63.9 Å². The lowest BCUT2D eigenvalue weighted by atomic mass is 10.0. The van der Waals surface area contributed by atoms with Crippen LogP contribution < -0.4 is 5.32 Å². The van der Waals surface area contributed by atoms with Crippen molar-refractivity contribution in [2.45, 2.75) is 18.6 Å². The molecule has 154 valence electrons. The van der Waals surface area contributed by atoms with E-state index in [4.69, 9.17) is 11.6 Å². The van der Waals surface area contributed by atoms with Crippen molar-refractivity contribution in [3.8, 4) is 11.3 Å². The Morgan fingerprint density at radius 1 is 1.31 bits per heavy atom. The third-order valence-electron chi connectivity index (χ3n) is 4.92. The molecule has 1 fully saturated rings. The zero-order chi connectivity index (χ0) is 20.8. The molecule has 1 aliphatic rings. The summed E-state index contributed by atoms with van der Waals surface area (Å²) in [4.78, 5) is 4.19. The van der Waals surface area contributed by atoms with Crippen molar-refractivity contribution in [1.29, 1.82) is 0 Å². The maximum Gasteiger partial charge on any atom is 0.241 e. The summed E-state index contributed by atoms with van der Waals surface area (Å²) in [5.74, 6) is -0.236. The minimum absolute atomic E-state index is 0.00703. The number of piperidine rings is 1. The minimum Gasteiger partial charge on any atom is -0.390 e. The standard InChI is InChI=1S/C18H19ClFN5O3S/c1-29(27,28)24-7-6-15(16(26)10-24)22-18-21-9-13-8-14(20)17(25(13)23-18)11-2-4-12(19)5-3-11/h2-5,8-9,15-16,26H,6-7,10H2,1H3,(H,22,23)/t15-,16-/m1/s1. The van der Waals surface area contributed by atoms with Crippen molar-refractivity contribution in [2.24, 2.45) is 0 Å². The first kappa shape index (κ1) is 20.0. The first-order chi connectivity index (χ1) is 13.7. The molecule has 29 heavy (non-hydrogen) atoms. The van der Waals surface area contributed by atoms with E-state index >= 15 is 0 Å². The van der Waals surface area contributed by atoms with E-state index in [1.807, 2.05) is 0 Å². The molecule has 0 aliphatic carbocycles. The lowest BCUT2D eigenvalue weighted by molar-refractivity contribution is 0.0950. The molecule has 0 spiro atoms. The molecule has 0 bridgehead atoms. The van der Waals surface area contributed by atoms with Gasteiger partial charge in [0, 0.05) is 29.7 Å². The van der Waals surface area contributed by atoms with Crippen LogP contribution in [0.15, 0.2) is 36.5 Å². The minimum atomic E-state index is -3.36. The maximum absolute atomic E-state index is 14.6. The number of aliphatic hydroxyl groups excluding tert-OH is 1. The molecule has 2 aromatic heterocycles. The van der Waals surface area contributed by atoms with E-state index in [0.717, 1.165) is 6.26 Å². The second-order valence-corrected chi connectivity index (χ2v) is 9.41. The molecule has 4 rings (SSSR count). The second-order valence-electron chi connectivity index (χ2n) is 6.99. The summed E-state index contributed by atoms with van der Waals surface area (Å²) in [6.45, 7) is 0.275. The fraction of sp³-hybridized carbons (Fsp3) is 0.333. The Bertz CT molecular complexity index is 1150. The van der Waals surface area contributed by atoms with Gasteiger partial charge in [0.15, 0.2) is 5.82 Å². The van der Waals surface area contributed by atoms with E-state index in [1.54, 1.807) is 24.3 Å². The summed E-state index contributed by atoms with van der Waals surface area (Å²) in [5.41, 5.74) is 1.36. The Labute approximate surface area is 172 Å². The molecular formula is C18H19ClFN5O3S.